The fourth-order valence-corrected chi connectivity index (χ4v) is 3.95. The van der Waals surface area contributed by atoms with E-state index in [1.165, 1.54) is 25.5 Å². The van der Waals surface area contributed by atoms with Crippen molar-refractivity contribution < 1.29 is 13.9 Å². The maximum absolute atomic E-state index is 14.7. The first kappa shape index (κ1) is 24.0. The van der Waals surface area contributed by atoms with E-state index in [2.05, 4.69) is 44.4 Å². The smallest absolute Gasteiger partial charge is 0.251 e. The lowest BCUT2D eigenvalue weighted by Gasteiger charge is -2.22. The third kappa shape index (κ3) is 5.03. The Morgan fingerprint density at radius 1 is 1.09 bits per heavy atom. The van der Waals surface area contributed by atoms with Gasteiger partial charge in [0.1, 0.15) is 18.0 Å². The standard InChI is InChI=1S/C26H27FN6O2/c1-15(12-30-22-11-21(32-14-33-22)17-5-8-23(35-4)31-13-17)16(2)18-6-7-20(27)24-19(26(34)28-3)9-10-29-25(18)24/h5-11,13-16H,12H2,1-4H3,(H,28,34)(H,30,32,33)/t15-,16?/m1/s1. The molecular weight excluding hydrogens is 447 g/mol. The van der Waals surface area contributed by atoms with Crippen LogP contribution in [0.1, 0.15) is 35.7 Å². The van der Waals surface area contributed by atoms with Gasteiger partial charge in [-0.2, -0.15) is 0 Å². The van der Waals surface area contributed by atoms with E-state index in [1.54, 1.807) is 31.6 Å². The number of aromatic nitrogens is 4. The summed E-state index contributed by atoms with van der Waals surface area (Å²) in [5.41, 5.74) is 3.26. The van der Waals surface area contributed by atoms with Crippen LogP contribution in [0.2, 0.25) is 0 Å². The zero-order valence-electron chi connectivity index (χ0n) is 20.0. The normalized spacial score (nSPS) is 12.7. The van der Waals surface area contributed by atoms with Crippen LogP contribution in [-0.4, -0.2) is 46.5 Å². The summed E-state index contributed by atoms with van der Waals surface area (Å²) >= 11 is 0. The zero-order chi connectivity index (χ0) is 24.9. The van der Waals surface area contributed by atoms with Crippen LogP contribution >= 0.6 is 0 Å². The summed E-state index contributed by atoms with van der Waals surface area (Å²) in [6, 6.07) is 10.2. The number of hydrogen-bond acceptors (Lipinski definition) is 7. The molecule has 0 saturated heterocycles. The summed E-state index contributed by atoms with van der Waals surface area (Å²) in [4.78, 5) is 29.6. The monoisotopic (exact) mass is 474 g/mol. The van der Waals surface area contributed by atoms with Gasteiger partial charge in [0, 0.05) is 49.1 Å². The van der Waals surface area contributed by atoms with Crippen molar-refractivity contribution >= 4 is 22.6 Å². The Morgan fingerprint density at radius 2 is 1.91 bits per heavy atom. The topological polar surface area (TPSA) is 102 Å². The Bertz CT molecular complexity index is 1350. The minimum Gasteiger partial charge on any atom is -0.481 e. The number of carbonyl (C=O) groups is 1. The van der Waals surface area contributed by atoms with Crippen molar-refractivity contribution in [3.8, 4) is 17.1 Å². The average Bonchev–Trinajstić information content (AvgIpc) is 2.91. The number of pyridine rings is 2. The maximum Gasteiger partial charge on any atom is 0.251 e. The predicted molar refractivity (Wildman–Crippen MR) is 133 cm³/mol. The molecule has 0 radical (unpaired) electrons. The van der Waals surface area contributed by atoms with Crippen molar-refractivity contribution in [3.05, 3.63) is 72.1 Å². The van der Waals surface area contributed by atoms with Crippen molar-refractivity contribution in [3.63, 3.8) is 0 Å². The summed E-state index contributed by atoms with van der Waals surface area (Å²) < 4.78 is 19.8. The molecule has 0 bridgehead atoms. The van der Waals surface area contributed by atoms with Gasteiger partial charge in [-0.25, -0.2) is 19.3 Å². The Kier molecular flexibility index (Phi) is 7.14. The lowest BCUT2D eigenvalue weighted by atomic mass is 9.86. The van der Waals surface area contributed by atoms with Crippen LogP contribution in [0.25, 0.3) is 22.2 Å². The first-order chi connectivity index (χ1) is 16.9. The van der Waals surface area contributed by atoms with Gasteiger partial charge < -0.3 is 15.4 Å². The van der Waals surface area contributed by atoms with E-state index in [0.717, 1.165) is 16.8 Å². The van der Waals surface area contributed by atoms with Gasteiger partial charge in [-0.3, -0.25) is 9.78 Å². The van der Waals surface area contributed by atoms with Crippen molar-refractivity contribution in [1.29, 1.82) is 0 Å². The maximum atomic E-state index is 14.7. The van der Waals surface area contributed by atoms with Gasteiger partial charge >= 0.3 is 0 Å². The van der Waals surface area contributed by atoms with Gasteiger partial charge in [-0.1, -0.05) is 19.9 Å². The predicted octanol–water partition coefficient (Wildman–Crippen LogP) is 4.45. The minimum absolute atomic E-state index is 0.0325. The molecule has 1 aromatic carbocycles. The SMILES string of the molecule is CNC(=O)c1ccnc2c(C(C)[C@H](C)CNc3cc(-c4ccc(OC)nc4)ncn3)ccc(F)c12. The molecular formula is C26H27FN6O2. The third-order valence-corrected chi connectivity index (χ3v) is 6.20. The lowest BCUT2D eigenvalue weighted by Crippen LogP contribution is -2.20. The summed E-state index contributed by atoms with van der Waals surface area (Å²) in [5.74, 6) is 0.598. The fraction of sp³-hybridized carbons (Fsp3) is 0.269. The number of amides is 1. The lowest BCUT2D eigenvalue weighted by molar-refractivity contribution is 0.0964. The van der Waals surface area contributed by atoms with Crippen molar-refractivity contribution in [2.45, 2.75) is 19.8 Å². The minimum atomic E-state index is -0.463. The number of ether oxygens (including phenoxy) is 1. The van der Waals surface area contributed by atoms with Gasteiger partial charge in [0.2, 0.25) is 5.88 Å². The fourth-order valence-electron chi connectivity index (χ4n) is 3.95. The average molecular weight is 475 g/mol. The number of nitrogens with one attached hydrogen (secondary N) is 2. The van der Waals surface area contributed by atoms with E-state index < -0.39 is 5.82 Å². The second-order valence-electron chi connectivity index (χ2n) is 8.32. The number of carbonyl (C=O) groups excluding carboxylic acids is 1. The first-order valence-corrected chi connectivity index (χ1v) is 11.3. The molecule has 35 heavy (non-hydrogen) atoms. The Labute approximate surface area is 203 Å². The second kappa shape index (κ2) is 10.4. The van der Waals surface area contributed by atoms with Crippen LogP contribution in [0.3, 0.4) is 0 Å². The highest BCUT2D eigenvalue weighted by Crippen LogP contribution is 2.32. The van der Waals surface area contributed by atoms with Gasteiger partial charge in [0.05, 0.1) is 23.9 Å². The molecule has 3 aromatic heterocycles. The molecule has 2 atom stereocenters. The molecule has 0 fully saturated rings. The summed E-state index contributed by atoms with van der Waals surface area (Å²) in [5, 5.41) is 6.18. The van der Waals surface area contributed by atoms with Crippen LogP contribution in [0.4, 0.5) is 10.2 Å². The molecule has 4 aromatic rings. The van der Waals surface area contributed by atoms with Crippen molar-refractivity contribution in [1.82, 2.24) is 25.3 Å². The second-order valence-corrected chi connectivity index (χ2v) is 8.32. The summed E-state index contributed by atoms with van der Waals surface area (Å²) in [6.07, 6.45) is 4.75. The highest BCUT2D eigenvalue weighted by Gasteiger charge is 2.22. The van der Waals surface area contributed by atoms with E-state index in [-0.39, 0.29) is 28.7 Å². The number of methoxy groups -OCH3 is 1. The van der Waals surface area contributed by atoms with E-state index in [9.17, 15) is 9.18 Å². The molecule has 180 valence electrons. The van der Waals surface area contributed by atoms with Crippen LogP contribution in [-0.2, 0) is 0 Å². The van der Waals surface area contributed by atoms with Crippen molar-refractivity contribution in [2.75, 3.05) is 26.0 Å². The highest BCUT2D eigenvalue weighted by atomic mass is 19.1. The molecule has 8 nitrogen and oxygen atoms in total. The molecule has 4 rings (SSSR count). The highest BCUT2D eigenvalue weighted by molar-refractivity contribution is 6.06. The van der Waals surface area contributed by atoms with E-state index in [4.69, 9.17) is 4.74 Å². The van der Waals surface area contributed by atoms with Crippen molar-refractivity contribution in [2.24, 2.45) is 5.92 Å². The molecule has 0 saturated carbocycles. The number of halogens is 1. The Balaban J connectivity index is 1.53. The largest absolute Gasteiger partial charge is 0.481 e. The molecule has 0 aliphatic heterocycles. The Morgan fingerprint density at radius 3 is 2.63 bits per heavy atom. The molecule has 0 spiro atoms. The molecule has 0 aliphatic carbocycles. The van der Waals surface area contributed by atoms with Gasteiger partial charge in [-0.05, 0) is 35.6 Å². The molecule has 9 heteroatoms. The van der Waals surface area contributed by atoms with E-state index in [1.807, 2.05) is 12.1 Å². The molecule has 1 amide bonds. The number of fused-ring (bicyclic) bond motifs is 1. The van der Waals surface area contributed by atoms with Crippen LogP contribution in [0.5, 0.6) is 5.88 Å². The first-order valence-electron chi connectivity index (χ1n) is 11.3. The summed E-state index contributed by atoms with van der Waals surface area (Å²) in [7, 11) is 3.10. The third-order valence-electron chi connectivity index (χ3n) is 6.20. The van der Waals surface area contributed by atoms with Gasteiger partial charge in [0.25, 0.3) is 5.91 Å². The van der Waals surface area contributed by atoms with Gasteiger partial charge in [0.15, 0.2) is 0 Å². The number of benzene rings is 1. The molecule has 2 N–H and O–H groups in total. The number of anilines is 1. The molecule has 3 heterocycles. The van der Waals surface area contributed by atoms with Gasteiger partial charge in [-0.15, -0.1) is 0 Å². The molecule has 1 unspecified atom stereocenters. The Hall–Kier alpha value is -4.14. The number of hydrogen-bond donors (Lipinski definition) is 2. The zero-order valence-corrected chi connectivity index (χ0v) is 20.0. The van der Waals surface area contributed by atoms with Crippen LogP contribution < -0.4 is 15.4 Å². The number of nitrogens with zero attached hydrogens (tertiary/aromatic N) is 4. The van der Waals surface area contributed by atoms with E-state index in [0.29, 0.717) is 23.8 Å². The van der Waals surface area contributed by atoms with Crippen LogP contribution in [0, 0.1) is 11.7 Å². The number of rotatable bonds is 8. The summed E-state index contributed by atoms with van der Waals surface area (Å²) in [6.45, 7) is 4.79. The quantitative estimate of drug-likeness (QED) is 0.389. The van der Waals surface area contributed by atoms with Crippen LogP contribution in [0.15, 0.2) is 55.1 Å². The van der Waals surface area contributed by atoms with E-state index >= 15 is 0 Å². The molecule has 0 aliphatic rings.